The number of rotatable bonds is 6. The van der Waals surface area contributed by atoms with Gasteiger partial charge in [-0.05, 0) is 31.4 Å². The van der Waals surface area contributed by atoms with Gasteiger partial charge in [0.25, 0.3) is 0 Å². The molecule has 1 N–H and O–H groups in total. The summed E-state index contributed by atoms with van der Waals surface area (Å²) in [7, 11) is 2.06. The van der Waals surface area contributed by atoms with Gasteiger partial charge in [0.05, 0.1) is 11.9 Å². The lowest BCUT2D eigenvalue weighted by Gasteiger charge is -2.18. The molecule has 98 valence electrons. The Balaban J connectivity index is 1.89. The molecule has 0 aliphatic heterocycles. The van der Waals surface area contributed by atoms with Gasteiger partial charge in [-0.3, -0.25) is 4.79 Å². The topological polar surface area (TPSA) is 45.2 Å². The zero-order valence-electron chi connectivity index (χ0n) is 11.1. The summed E-state index contributed by atoms with van der Waals surface area (Å²) in [5, 5.41) is 2.84. The average molecular weight is 247 g/mol. The van der Waals surface area contributed by atoms with Crippen LogP contribution in [-0.4, -0.2) is 24.5 Å². The van der Waals surface area contributed by atoms with E-state index in [0.717, 1.165) is 25.1 Å². The van der Waals surface area contributed by atoms with Crippen molar-refractivity contribution in [1.29, 1.82) is 0 Å². The first kappa shape index (κ1) is 12.9. The standard InChI is InChI=1S/C14H21N3O/c1-3-4-9-17(2)12-7-8-13(15-10-12)16-14(18)11-5-6-11/h7-8,10-11H,3-6,9H2,1-2H3,(H,15,16,18). The molecule has 1 saturated carbocycles. The first-order chi connectivity index (χ1) is 8.70. The minimum absolute atomic E-state index is 0.106. The third-order valence-electron chi connectivity index (χ3n) is 3.24. The molecule has 0 spiro atoms. The van der Waals surface area contributed by atoms with Crippen LogP contribution in [0.1, 0.15) is 32.6 Å². The van der Waals surface area contributed by atoms with Gasteiger partial charge >= 0.3 is 0 Å². The summed E-state index contributed by atoms with van der Waals surface area (Å²) in [5.74, 6) is 0.979. The van der Waals surface area contributed by atoms with Crippen molar-refractivity contribution in [1.82, 2.24) is 4.98 Å². The van der Waals surface area contributed by atoms with Gasteiger partial charge in [-0.2, -0.15) is 0 Å². The lowest BCUT2D eigenvalue weighted by atomic mass is 10.3. The van der Waals surface area contributed by atoms with Crippen LogP contribution >= 0.6 is 0 Å². The Morgan fingerprint density at radius 3 is 2.83 bits per heavy atom. The predicted molar refractivity (Wildman–Crippen MR) is 73.8 cm³/mol. The number of nitrogens with one attached hydrogen (secondary N) is 1. The molecule has 0 saturated heterocycles. The van der Waals surface area contributed by atoms with Gasteiger partial charge < -0.3 is 10.2 Å². The molecule has 1 aromatic rings. The van der Waals surface area contributed by atoms with E-state index in [1.807, 2.05) is 18.3 Å². The van der Waals surface area contributed by atoms with Crippen molar-refractivity contribution >= 4 is 17.4 Å². The van der Waals surface area contributed by atoms with E-state index in [1.165, 1.54) is 12.8 Å². The average Bonchev–Trinajstić information content (AvgIpc) is 3.21. The van der Waals surface area contributed by atoms with E-state index in [1.54, 1.807) is 0 Å². The van der Waals surface area contributed by atoms with E-state index in [-0.39, 0.29) is 11.8 Å². The number of hydrogen-bond donors (Lipinski definition) is 1. The van der Waals surface area contributed by atoms with Crippen LogP contribution in [0.3, 0.4) is 0 Å². The molecule has 1 amide bonds. The highest BCUT2D eigenvalue weighted by molar-refractivity contribution is 5.93. The molecule has 1 fully saturated rings. The molecule has 0 unspecified atom stereocenters. The molecule has 1 aliphatic rings. The first-order valence-electron chi connectivity index (χ1n) is 6.68. The lowest BCUT2D eigenvalue weighted by Crippen LogP contribution is -2.19. The number of amides is 1. The molecular formula is C14H21N3O. The van der Waals surface area contributed by atoms with Gasteiger partial charge in [-0.15, -0.1) is 0 Å². The fraction of sp³-hybridized carbons (Fsp3) is 0.571. The lowest BCUT2D eigenvalue weighted by molar-refractivity contribution is -0.117. The molecule has 2 rings (SSSR count). The fourth-order valence-corrected chi connectivity index (χ4v) is 1.78. The number of pyridine rings is 1. The van der Waals surface area contributed by atoms with Crippen molar-refractivity contribution < 1.29 is 4.79 Å². The highest BCUT2D eigenvalue weighted by Gasteiger charge is 2.29. The van der Waals surface area contributed by atoms with Crippen LogP contribution in [0.15, 0.2) is 18.3 Å². The Bertz CT molecular complexity index is 398. The Hall–Kier alpha value is -1.58. The van der Waals surface area contributed by atoms with Crippen LogP contribution in [0.2, 0.25) is 0 Å². The Morgan fingerprint density at radius 1 is 1.50 bits per heavy atom. The van der Waals surface area contributed by atoms with E-state index in [4.69, 9.17) is 0 Å². The highest BCUT2D eigenvalue weighted by atomic mass is 16.2. The molecule has 1 aromatic heterocycles. The molecule has 18 heavy (non-hydrogen) atoms. The summed E-state index contributed by atoms with van der Waals surface area (Å²) < 4.78 is 0. The second-order valence-electron chi connectivity index (χ2n) is 4.94. The molecule has 4 nitrogen and oxygen atoms in total. The monoisotopic (exact) mass is 247 g/mol. The second-order valence-corrected chi connectivity index (χ2v) is 4.94. The van der Waals surface area contributed by atoms with E-state index < -0.39 is 0 Å². The van der Waals surface area contributed by atoms with Crippen molar-refractivity contribution in [3.05, 3.63) is 18.3 Å². The Labute approximate surface area is 108 Å². The zero-order valence-corrected chi connectivity index (χ0v) is 11.1. The Kier molecular flexibility index (Phi) is 4.18. The Morgan fingerprint density at radius 2 is 2.28 bits per heavy atom. The first-order valence-corrected chi connectivity index (χ1v) is 6.68. The van der Waals surface area contributed by atoms with Crippen molar-refractivity contribution in [3.63, 3.8) is 0 Å². The van der Waals surface area contributed by atoms with Gasteiger partial charge in [-0.25, -0.2) is 4.98 Å². The van der Waals surface area contributed by atoms with Gasteiger partial charge in [-0.1, -0.05) is 13.3 Å². The number of unbranched alkanes of at least 4 members (excludes halogenated alkanes) is 1. The fourth-order valence-electron chi connectivity index (χ4n) is 1.78. The number of nitrogens with zero attached hydrogens (tertiary/aromatic N) is 2. The molecular weight excluding hydrogens is 226 g/mol. The maximum atomic E-state index is 11.6. The molecule has 1 aliphatic carbocycles. The molecule has 4 heteroatoms. The van der Waals surface area contributed by atoms with Gasteiger partial charge in [0, 0.05) is 19.5 Å². The molecule has 1 heterocycles. The largest absolute Gasteiger partial charge is 0.373 e. The molecule has 0 atom stereocenters. The number of carbonyl (C=O) groups excluding carboxylic acids is 1. The van der Waals surface area contributed by atoms with E-state index in [0.29, 0.717) is 5.82 Å². The summed E-state index contributed by atoms with van der Waals surface area (Å²) in [6.07, 6.45) is 6.22. The summed E-state index contributed by atoms with van der Waals surface area (Å²) in [4.78, 5) is 18.0. The van der Waals surface area contributed by atoms with Crippen molar-refractivity contribution in [2.75, 3.05) is 23.8 Å². The number of aromatic nitrogens is 1. The van der Waals surface area contributed by atoms with Crippen LogP contribution in [0.25, 0.3) is 0 Å². The van der Waals surface area contributed by atoms with Crippen LogP contribution < -0.4 is 10.2 Å². The van der Waals surface area contributed by atoms with Crippen molar-refractivity contribution in [3.8, 4) is 0 Å². The summed E-state index contributed by atoms with van der Waals surface area (Å²) >= 11 is 0. The van der Waals surface area contributed by atoms with Crippen LogP contribution in [-0.2, 0) is 4.79 Å². The van der Waals surface area contributed by atoms with Crippen LogP contribution in [0, 0.1) is 5.92 Å². The number of anilines is 2. The van der Waals surface area contributed by atoms with Crippen LogP contribution in [0.4, 0.5) is 11.5 Å². The quantitative estimate of drug-likeness (QED) is 0.840. The molecule has 0 aromatic carbocycles. The summed E-state index contributed by atoms with van der Waals surface area (Å²) in [6.45, 7) is 3.22. The molecule has 0 bridgehead atoms. The summed E-state index contributed by atoms with van der Waals surface area (Å²) in [5.41, 5.74) is 1.09. The highest BCUT2D eigenvalue weighted by Crippen LogP contribution is 2.30. The van der Waals surface area contributed by atoms with Crippen molar-refractivity contribution in [2.24, 2.45) is 5.92 Å². The van der Waals surface area contributed by atoms with Gasteiger partial charge in [0.1, 0.15) is 5.82 Å². The van der Waals surface area contributed by atoms with E-state index >= 15 is 0 Å². The maximum absolute atomic E-state index is 11.6. The van der Waals surface area contributed by atoms with Crippen molar-refractivity contribution in [2.45, 2.75) is 32.6 Å². The number of carbonyl (C=O) groups is 1. The minimum Gasteiger partial charge on any atom is -0.373 e. The number of hydrogen-bond acceptors (Lipinski definition) is 3. The molecule has 0 radical (unpaired) electrons. The van der Waals surface area contributed by atoms with Gasteiger partial charge in [0.2, 0.25) is 5.91 Å². The van der Waals surface area contributed by atoms with E-state index in [9.17, 15) is 4.79 Å². The third-order valence-corrected chi connectivity index (χ3v) is 3.24. The third kappa shape index (κ3) is 3.45. The zero-order chi connectivity index (χ0) is 13.0. The predicted octanol–water partition coefficient (Wildman–Crippen LogP) is 2.67. The van der Waals surface area contributed by atoms with E-state index in [2.05, 4.69) is 29.2 Å². The SMILES string of the molecule is CCCCN(C)c1ccc(NC(=O)C2CC2)nc1. The second kappa shape index (κ2) is 5.85. The smallest absolute Gasteiger partial charge is 0.228 e. The summed E-state index contributed by atoms with van der Waals surface area (Å²) in [6, 6.07) is 3.88. The van der Waals surface area contributed by atoms with Gasteiger partial charge in [0.15, 0.2) is 0 Å². The minimum atomic E-state index is 0.106. The normalized spacial score (nSPS) is 14.3. The maximum Gasteiger partial charge on any atom is 0.228 e. The van der Waals surface area contributed by atoms with Crippen LogP contribution in [0.5, 0.6) is 0 Å².